The maximum Gasteiger partial charge on any atom is 0.305 e. The molecule has 4 aromatic heterocycles. The summed E-state index contributed by atoms with van der Waals surface area (Å²) in [6, 6.07) is 6.91. The average molecular weight is 917 g/mol. The molecule has 63 heavy (non-hydrogen) atoms. The monoisotopic (exact) mass is 916 g/mol. The average Bonchev–Trinajstić information content (AvgIpc) is 3.86. The minimum atomic E-state index is -3.85. The standard InChI is InChI=1S/C21H21F2N3O5S.C21H23F2N3O4S/c1-3-8-32(29,30)26-16-6-5-15(22)18(19(16)23)20(28)14-11-25-21-13(14)9-12(10-24-21)4-7-17(27)31-2;1-3-9-31(28,29)26-17-7-6-16(22)18(19(17)23)20(27)15-12-25-21-14(15)10-13(11-24-21)5-4-8-30-2/h5-6,9-11,26H,3-4,7-8H2,1-2H3,(H,24,25);6-7,10-12,26H,3-5,8-9H2,1-2H3,(H,24,25). The van der Waals surface area contributed by atoms with Crippen LogP contribution in [0.25, 0.3) is 22.1 Å². The third-order valence-electron chi connectivity index (χ3n) is 9.44. The van der Waals surface area contributed by atoms with Crippen molar-refractivity contribution in [3.63, 3.8) is 0 Å². The van der Waals surface area contributed by atoms with Crippen LogP contribution >= 0.6 is 0 Å². The molecule has 336 valence electrons. The van der Waals surface area contributed by atoms with Gasteiger partial charge in [-0.2, -0.15) is 0 Å². The number of hydrogen-bond donors (Lipinski definition) is 4. The second-order valence-electron chi connectivity index (χ2n) is 14.1. The van der Waals surface area contributed by atoms with E-state index in [1.807, 2.05) is 4.72 Å². The summed E-state index contributed by atoms with van der Waals surface area (Å²) in [4.78, 5) is 51.5. The molecule has 0 aliphatic carbocycles. The number of esters is 1. The summed E-state index contributed by atoms with van der Waals surface area (Å²) in [5.41, 5.74) is -0.517. The van der Waals surface area contributed by atoms with Crippen LogP contribution in [-0.2, 0) is 47.2 Å². The third kappa shape index (κ3) is 11.6. The molecule has 4 N–H and O–H groups in total. The first-order valence-electron chi connectivity index (χ1n) is 19.5. The summed E-state index contributed by atoms with van der Waals surface area (Å²) >= 11 is 0. The highest BCUT2D eigenvalue weighted by Gasteiger charge is 2.28. The van der Waals surface area contributed by atoms with Crippen LogP contribution in [0.15, 0.2) is 61.2 Å². The number of methoxy groups -OCH3 is 2. The van der Waals surface area contributed by atoms with Crippen molar-refractivity contribution >= 4 is 71.0 Å². The first-order chi connectivity index (χ1) is 29.9. The number of carbonyl (C=O) groups excluding carboxylic acids is 3. The number of nitrogens with zero attached hydrogens (tertiary/aromatic N) is 2. The number of hydrogen-bond acceptors (Lipinski definition) is 11. The molecule has 0 bridgehead atoms. The van der Waals surface area contributed by atoms with E-state index in [0.717, 1.165) is 36.2 Å². The van der Waals surface area contributed by atoms with Gasteiger partial charge in [0.2, 0.25) is 31.6 Å². The molecule has 0 spiro atoms. The molecule has 0 aliphatic rings. The number of anilines is 2. The quantitative estimate of drug-likeness (QED) is 0.0277. The fourth-order valence-electron chi connectivity index (χ4n) is 6.43. The normalized spacial score (nSPS) is 11.6. The van der Waals surface area contributed by atoms with E-state index in [1.165, 1.54) is 25.7 Å². The minimum absolute atomic E-state index is 0.0428. The minimum Gasteiger partial charge on any atom is -0.469 e. The number of halogens is 4. The number of nitrogens with one attached hydrogen (secondary N) is 4. The van der Waals surface area contributed by atoms with E-state index in [9.17, 15) is 40.0 Å². The fourth-order valence-corrected chi connectivity index (χ4v) is 8.70. The Bertz CT molecular complexity index is 2890. The first kappa shape index (κ1) is 47.9. The van der Waals surface area contributed by atoms with Crippen LogP contribution in [0.2, 0.25) is 0 Å². The first-order valence-corrected chi connectivity index (χ1v) is 22.8. The maximum atomic E-state index is 15.0. The summed E-state index contributed by atoms with van der Waals surface area (Å²) in [5, 5.41) is 0.740. The molecule has 0 radical (unpaired) electrons. The molecule has 0 amide bonds. The molecule has 21 heteroatoms. The molecule has 0 fully saturated rings. The predicted octanol–water partition coefficient (Wildman–Crippen LogP) is 7.13. The number of fused-ring (bicyclic) bond motifs is 2. The van der Waals surface area contributed by atoms with Crippen LogP contribution in [0, 0.1) is 23.3 Å². The zero-order chi connectivity index (χ0) is 46.1. The van der Waals surface area contributed by atoms with E-state index in [0.29, 0.717) is 59.9 Å². The van der Waals surface area contributed by atoms with Crippen LogP contribution in [0.3, 0.4) is 0 Å². The van der Waals surface area contributed by atoms with Gasteiger partial charge in [0.05, 0.1) is 41.1 Å². The molecule has 6 rings (SSSR count). The molecule has 0 atom stereocenters. The molecule has 0 aliphatic heterocycles. The van der Waals surface area contributed by atoms with Gasteiger partial charge in [-0.15, -0.1) is 0 Å². The van der Waals surface area contributed by atoms with Crippen LogP contribution in [0.5, 0.6) is 0 Å². The van der Waals surface area contributed by atoms with Crippen molar-refractivity contribution in [2.24, 2.45) is 0 Å². The number of carbonyl (C=O) groups is 3. The van der Waals surface area contributed by atoms with E-state index < -0.39 is 83.4 Å². The Morgan fingerprint density at radius 2 is 1.13 bits per heavy atom. The van der Waals surface area contributed by atoms with Crippen molar-refractivity contribution in [2.45, 2.75) is 52.4 Å². The zero-order valence-corrected chi connectivity index (χ0v) is 36.2. The molecular weight excluding hydrogens is 873 g/mol. The Kier molecular flexibility index (Phi) is 15.8. The van der Waals surface area contributed by atoms with Crippen molar-refractivity contribution in [3.8, 4) is 0 Å². The molecule has 6 aromatic rings. The highest BCUT2D eigenvalue weighted by atomic mass is 32.2. The van der Waals surface area contributed by atoms with Gasteiger partial charge in [-0.25, -0.2) is 44.4 Å². The van der Waals surface area contributed by atoms with Crippen LogP contribution in [-0.4, -0.2) is 86.6 Å². The van der Waals surface area contributed by atoms with E-state index in [2.05, 4.69) is 29.4 Å². The van der Waals surface area contributed by atoms with Gasteiger partial charge >= 0.3 is 5.97 Å². The highest BCUT2D eigenvalue weighted by Crippen LogP contribution is 2.30. The molecule has 0 saturated heterocycles. The smallest absolute Gasteiger partial charge is 0.305 e. The van der Waals surface area contributed by atoms with E-state index in [-0.39, 0.29) is 29.1 Å². The van der Waals surface area contributed by atoms with Gasteiger partial charge in [0.1, 0.15) is 22.9 Å². The van der Waals surface area contributed by atoms with Gasteiger partial charge in [-0.3, -0.25) is 23.8 Å². The maximum absolute atomic E-state index is 15.0. The van der Waals surface area contributed by atoms with Crippen molar-refractivity contribution in [3.05, 3.63) is 118 Å². The molecular formula is C42H44F4N6O9S2. The Morgan fingerprint density at radius 1 is 0.683 bits per heavy atom. The number of sulfonamides is 2. The number of H-pyrrole nitrogens is 2. The van der Waals surface area contributed by atoms with Gasteiger partial charge in [-0.1, -0.05) is 13.8 Å². The lowest BCUT2D eigenvalue weighted by Gasteiger charge is -2.11. The molecule has 0 saturated carbocycles. The van der Waals surface area contributed by atoms with Gasteiger partial charge in [-0.05, 0) is 79.6 Å². The number of rotatable bonds is 19. The van der Waals surface area contributed by atoms with Crippen molar-refractivity contribution in [2.75, 3.05) is 41.8 Å². The van der Waals surface area contributed by atoms with Crippen molar-refractivity contribution < 1.29 is 58.3 Å². The number of aryl methyl sites for hydroxylation is 2. The van der Waals surface area contributed by atoms with E-state index in [1.54, 1.807) is 39.3 Å². The zero-order valence-electron chi connectivity index (χ0n) is 34.5. The second-order valence-corrected chi connectivity index (χ2v) is 17.8. The van der Waals surface area contributed by atoms with Crippen LogP contribution in [0.4, 0.5) is 28.9 Å². The number of aromatic nitrogens is 4. The van der Waals surface area contributed by atoms with Crippen LogP contribution in [0.1, 0.15) is 82.5 Å². The molecule has 15 nitrogen and oxygen atoms in total. The largest absolute Gasteiger partial charge is 0.469 e. The predicted molar refractivity (Wildman–Crippen MR) is 228 cm³/mol. The second kappa shape index (κ2) is 20.8. The number of benzene rings is 2. The van der Waals surface area contributed by atoms with Crippen LogP contribution < -0.4 is 9.44 Å². The Hall–Kier alpha value is -6.19. The Labute approximate surface area is 360 Å². The summed E-state index contributed by atoms with van der Waals surface area (Å²) in [5.74, 6) is -7.57. The SMILES string of the molecule is CCCS(=O)(=O)Nc1ccc(F)c(C(=O)c2c[nH]c3ncc(CCC(=O)OC)cc23)c1F.CCCS(=O)(=O)Nc1ccc(F)c(C(=O)c2c[nH]c3ncc(CCCOC)cc23)c1F. The summed E-state index contributed by atoms with van der Waals surface area (Å²) in [6.45, 7) is 3.86. The fraction of sp³-hybridized carbons (Fsp3) is 0.310. The lowest BCUT2D eigenvalue weighted by atomic mass is 10.0. The van der Waals surface area contributed by atoms with Gasteiger partial charge < -0.3 is 19.4 Å². The topological polar surface area (TPSA) is 219 Å². The van der Waals surface area contributed by atoms with E-state index >= 15 is 8.78 Å². The molecule has 0 unspecified atom stereocenters. The molecule has 4 heterocycles. The number of aromatic amines is 2. The summed E-state index contributed by atoms with van der Waals surface area (Å²) < 4.78 is 121. The van der Waals surface area contributed by atoms with Gasteiger partial charge in [0.25, 0.3) is 0 Å². The van der Waals surface area contributed by atoms with Crippen molar-refractivity contribution in [1.82, 2.24) is 19.9 Å². The van der Waals surface area contributed by atoms with Crippen molar-refractivity contribution in [1.29, 1.82) is 0 Å². The summed E-state index contributed by atoms with van der Waals surface area (Å²) in [7, 11) is -4.80. The Balaban J connectivity index is 0.000000238. The number of pyridine rings is 2. The Morgan fingerprint density at radius 3 is 1.54 bits per heavy atom. The molecule has 2 aromatic carbocycles. The third-order valence-corrected chi connectivity index (χ3v) is 12.4. The number of ketones is 2. The van der Waals surface area contributed by atoms with Gasteiger partial charge in [0, 0.05) is 66.8 Å². The van der Waals surface area contributed by atoms with Gasteiger partial charge in [0.15, 0.2) is 11.6 Å². The number of ether oxygens (including phenoxy) is 2. The lowest BCUT2D eigenvalue weighted by molar-refractivity contribution is -0.140. The lowest BCUT2D eigenvalue weighted by Crippen LogP contribution is -2.18. The van der Waals surface area contributed by atoms with E-state index in [4.69, 9.17) is 4.74 Å². The summed E-state index contributed by atoms with van der Waals surface area (Å²) in [6.07, 6.45) is 8.21. The highest BCUT2D eigenvalue weighted by molar-refractivity contribution is 7.92.